The third kappa shape index (κ3) is 8.39. The van der Waals surface area contributed by atoms with Crippen LogP contribution in [0, 0.1) is 28.6 Å². The molecule has 15 nitrogen and oxygen atoms in total. The van der Waals surface area contributed by atoms with Crippen molar-refractivity contribution < 1.29 is 78.7 Å². The van der Waals surface area contributed by atoms with Gasteiger partial charge in [0.25, 0.3) is 0 Å². The lowest BCUT2D eigenvalue weighted by atomic mass is 9.40. The van der Waals surface area contributed by atoms with Gasteiger partial charge in [0.1, 0.15) is 40.8 Å². The van der Waals surface area contributed by atoms with Crippen molar-refractivity contribution in [2.24, 2.45) is 34.3 Å². The van der Waals surface area contributed by atoms with Crippen molar-refractivity contribution in [1.82, 2.24) is 5.32 Å². The maximum absolute atomic E-state index is 15.8. The summed E-state index contributed by atoms with van der Waals surface area (Å²) in [5.41, 5.74) is -6.19. The summed E-state index contributed by atoms with van der Waals surface area (Å²) in [6, 6.07) is 12.4. The number of rotatable bonds is 11. The quantitative estimate of drug-likeness (QED) is 0.140. The van der Waals surface area contributed by atoms with Crippen LogP contribution >= 0.6 is 0 Å². The molecule has 6 rings (SSSR count). The number of nitrogens with two attached hydrogens (primary N) is 1. The molecule has 0 heterocycles. The van der Waals surface area contributed by atoms with Gasteiger partial charge in [-0.05, 0) is 82.5 Å². The second kappa shape index (κ2) is 17.5. The minimum Gasteiger partial charge on any atom is -0.458 e. The number of aliphatic hydroxyl groups is 1. The zero-order chi connectivity index (χ0) is 56.4. The summed E-state index contributed by atoms with van der Waals surface area (Å²) in [7, 11) is -3.08. The van der Waals surface area contributed by atoms with Crippen LogP contribution in [0.5, 0.6) is 0 Å². The van der Waals surface area contributed by atoms with Crippen molar-refractivity contribution in [3.63, 3.8) is 0 Å². The molecule has 3 saturated carbocycles. The van der Waals surface area contributed by atoms with Gasteiger partial charge in [0, 0.05) is 50.0 Å². The summed E-state index contributed by atoms with van der Waals surface area (Å²) >= 11 is 0. The van der Waals surface area contributed by atoms with Crippen LogP contribution < -0.4 is 11.1 Å². The first-order chi connectivity index (χ1) is 34.4. The number of methoxy groups -OCH3 is 1. The van der Waals surface area contributed by atoms with E-state index in [2.05, 4.69) is 5.32 Å². The number of hydrogen-bond acceptors (Lipinski definition) is 14. The first-order valence-electron chi connectivity index (χ1n) is 26.6. The highest BCUT2D eigenvalue weighted by atomic mass is 16.6. The first-order valence-corrected chi connectivity index (χ1v) is 20.6. The SMILES string of the molecule is [2H]C([2H])([2H])O[C@H]1C[C@H]2CC[C@@]2(OC(C)=O)[C@H]2[C@H](OC(=O)c3ccccc3)[C@]3(O)C[C@H](OC(=O)[C@H](OC(=O)CN)[C@@H](NC(=O)OC(C([2H])([2H])[2H])(C([2H])([2H])[2H])C([2H])([2H])[2H])c4ccccc4)C(C)=C([C@@H](C)C(=O)[C@]12C)C3(C)C. The van der Waals surface area contributed by atoms with Crippen LogP contribution in [0.4, 0.5) is 4.79 Å². The molecule has 0 spiro atoms. The summed E-state index contributed by atoms with van der Waals surface area (Å²) in [4.78, 5) is 85.7. The Kier molecular flexibility index (Phi) is 9.25. The van der Waals surface area contributed by atoms with E-state index in [9.17, 15) is 24.3 Å². The van der Waals surface area contributed by atoms with Gasteiger partial charge >= 0.3 is 30.0 Å². The fourth-order valence-electron chi connectivity index (χ4n) is 10.9. The normalized spacial score (nSPS) is 35.5. The van der Waals surface area contributed by atoms with E-state index >= 15 is 9.59 Å². The Balaban J connectivity index is 1.55. The summed E-state index contributed by atoms with van der Waals surface area (Å²) in [6.45, 7) is -4.26. The fraction of sp³-hybridized carbons (Fsp3) is 0.583. The molecule has 342 valence electrons. The van der Waals surface area contributed by atoms with Crippen LogP contribution in [-0.4, -0.2) is 95.7 Å². The Bertz CT molecular complexity index is 2540. The van der Waals surface area contributed by atoms with Crippen LogP contribution in [0.1, 0.15) is 126 Å². The maximum atomic E-state index is 15.8. The minimum absolute atomic E-state index is 0.0118. The molecule has 11 atom stereocenters. The molecule has 0 unspecified atom stereocenters. The Morgan fingerprint density at radius 1 is 1.00 bits per heavy atom. The van der Waals surface area contributed by atoms with E-state index in [1.54, 1.807) is 32.0 Å². The average molecular weight is 887 g/mol. The number of carbonyl (C=O) groups is 6. The van der Waals surface area contributed by atoms with E-state index in [0.29, 0.717) is 6.42 Å². The van der Waals surface area contributed by atoms with Crippen molar-refractivity contribution in [3.05, 3.63) is 82.9 Å². The van der Waals surface area contributed by atoms with Gasteiger partial charge in [0.2, 0.25) is 6.10 Å². The van der Waals surface area contributed by atoms with Gasteiger partial charge in [0.15, 0.2) is 0 Å². The van der Waals surface area contributed by atoms with Crippen molar-refractivity contribution in [3.8, 4) is 0 Å². The predicted molar refractivity (Wildman–Crippen MR) is 227 cm³/mol. The van der Waals surface area contributed by atoms with Gasteiger partial charge < -0.3 is 44.6 Å². The Morgan fingerprint density at radius 2 is 1.65 bits per heavy atom. The highest BCUT2D eigenvalue weighted by molar-refractivity contribution is 5.92. The average Bonchev–Trinajstić information content (AvgIpc) is 3.28. The van der Waals surface area contributed by atoms with E-state index in [0.717, 1.165) is 6.92 Å². The molecule has 0 aromatic heterocycles. The molecular formula is C48H62N2O13. The van der Waals surface area contributed by atoms with Crippen LogP contribution in [0.25, 0.3) is 0 Å². The van der Waals surface area contributed by atoms with Gasteiger partial charge in [0.05, 0.1) is 33.7 Å². The third-order valence-electron chi connectivity index (χ3n) is 13.8. The molecule has 63 heavy (non-hydrogen) atoms. The molecule has 2 aromatic carbocycles. The van der Waals surface area contributed by atoms with Gasteiger partial charge in [-0.15, -0.1) is 0 Å². The third-order valence-corrected chi connectivity index (χ3v) is 13.8. The Hall–Kier alpha value is -5.12. The molecule has 0 saturated heterocycles. The molecule has 1 amide bonds. The number of carbonyl (C=O) groups excluding carboxylic acids is 6. The smallest absolute Gasteiger partial charge is 0.408 e. The Labute approximate surface area is 385 Å². The largest absolute Gasteiger partial charge is 0.458 e. The van der Waals surface area contributed by atoms with E-state index in [-0.39, 0.29) is 35.1 Å². The molecule has 3 fully saturated rings. The lowest BCUT2D eigenvalue weighted by molar-refractivity contribution is -0.297. The molecule has 2 aromatic rings. The van der Waals surface area contributed by atoms with Gasteiger partial charge in [-0.3, -0.25) is 14.4 Å². The topological polar surface area (TPSA) is 216 Å². The molecule has 15 heteroatoms. The molecule has 4 aliphatic carbocycles. The number of fused-ring (bicyclic) bond motifs is 5. The zero-order valence-corrected chi connectivity index (χ0v) is 35.9. The van der Waals surface area contributed by atoms with Gasteiger partial charge in [-0.2, -0.15) is 0 Å². The fourth-order valence-corrected chi connectivity index (χ4v) is 10.9. The summed E-state index contributed by atoms with van der Waals surface area (Å²) in [6.07, 6.45) is -9.77. The van der Waals surface area contributed by atoms with Crippen molar-refractivity contribution in [2.75, 3.05) is 13.6 Å². The van der Waals surface area contributed by atoms with E-state index in [1.165, 1.54) is 63.2 Å². The maximum Gasteiger partial charge on any atom is 0.408 e. The van der Waals surface area contributed by atoms with Crippen LogP contribution in [0.2, 0.25) is 0 Å². The number of amides is 1. The predicted octanol–water partition coefficient (Wildman–Crippen LogP) is 5.71. The summed E-state index contributed by atoms with van der Waals surface area (Å²) in [5.74, 6) is -8.82. The number of alkyl carbamates (subject to hydrolysis) is 1. The van der Waals surface area contributed by atoms with Gasteiger partial charge in [-0.25, -0.2) is 14.4 Å². The van der Waals surface area contributed by atoms with Crippen LogP contribution in [0.15, 0.2) is 71.8 Å². The van der Waals surface area contributed by atoms with Crippen molar-refractivity contribution in [1.29, 1.82) is 0 Å². The number of nitrogens with one attached hydrogen (secondary N) is 1. The second-order valence-corrected chi connectivity index (χ2v) is 17.7. The number of Topliss-reactive ketones (excluding diaryl/α,β-unsaturated/α-hetero) is 1. The van der Waals surface area contributed by atoms with Crippen molar-refractivity contribution >= 4 is 35.8 Å². The molecule has 0 radical (unpaired) electrons. The standard InChI is InChI=1S/C48H62N2O13/c1-26-32(59-42(55)37(60-34(52)25-49)36(29-17-13-11-14-18-29)50-43(56)63-44(4,5)6)24-48(57)40(61-41(54)30-19-15-12-16-20-30)38-46(9,39(53)27(2)35(26)45(48,7)8)33(58-10)23-31-21-22-47(31,38)62-28(3)51/h11-20,27,31-33,36-38,40,57H,21-25,49H2,1-10H3,(H,50,56)/t27-,31-,32+,33+,36+,37-,38+,40+,46-,47+,48-/m1/s1/i4D3,5D3,6D3,10D3. The molecule has 0 aliphatic heterocycles. The number of hydrogen-bond donors (Lipinski definition) is 3. The lowest BCUT2D eigenvalue weighted by Crippen LogP contribution is -2.78. The highest BCUT2D eigenvalue weighted by Crippen LogP contribution is 2.68. The zero-order valence-electron chi connectivity index (χ0n) is 47.9. The monoisotopic (exact) mass is 887 g/mol. The lowest BCUT2D eigenvalue weighted by Gasteiger charge is -2.68. The first kappa shape index (κ1) is 33.4. The number of ether oxygens (including phenoxy) is 6. The summed E-state index contributed by atoms with van der Waals surface area (Å²) in [5, 5.41) is 16.1. The van der Waals surface area contributed by atoms with Crippen LogP contribution in [-0.2, 0) is 47.6 Å². The van der Waals surface area contributed by atoms with E-state index < -0.39 is 152 Å². The molecule has 4 N–H and O–H groups in total. The van der Waals surface area contributed by atoms with Crippen molar-refractivity contribution in [2.45, 2.75) is 135 Å². The number of ketones is 1. The van der Waals surface area contributed by atoms with E-state index in [1.807, 2.05) is 0 Å². The van der Waals surface area contributed by atoms with E-state index in [4.69, 9.17) is 50.6 Å². The molecular weight excluding hydrogens is 813 g/mol. The van der Waals surface area contributed by atoms with Gasteiger partial charge in [-0.1, -0.05) is 69.3 Å². The number of esters is 4. The second-order valence-electron chi connectivity index (χ2n) is 17.7. The summed E-state index contributed by atoms with van der Waals surface area (Å²) < 4.78 is 131. The highest BCUT2D eigenvalue weighted by Gasteiger charge is 2.77. The minimum atomic E-state index is -4.15. The molecule has 4 aliphatic rings. The Morgan fingerprint density at radius 3 is 2.22 bits per heavy atom. The number of benzene rings is 2. The van der Waals surface area contributed by atoms with Crippen LogP contribution in [0.3, 0.4) is 0 Å². The molecule has 2 bridgehead atoms.